The number of hydrogen-bond donors (Lipinski definition) is 0. The number of aryl methyl sites for hydroxylation is 1. The highest BCUT2D eigenvalue weighted by molar-refractivity contribution is 7.71. The van der Waals surface area contributed by atoms with Crippen molar-refractivity contribution in [2.75, 3.05) is 0 Å². The van der Waals surface area contributed by atoms with Gasteiger partial charge < -0.3 is 0 Å². The second kappa shape index (κ2) is 2.39. The summed E-state index contributed by atoms with van der Waals surface area (Å²) in [5, 5.41) is 1.98. The molecular formula is C7H6N2S2. The van der Waals surface area contributed by atoms with Crippen molar-refractivity contribution in [2.45, 2.75) is 6.92 Å². The smallest absolute Gasteiger partial charge is 0.194 e. The molecule has 0 saturated carbocycles. The Hall–Kier alpha value is -0.740. The predicted octanol–water partition coefficient (Wildman–Crippen LogP) is 2.43. The Balaban J connectivity index is 3.02. The largest absolute Gasteiger partial charge is 0.283 e. The fourth-order valence-electron chi connectivity index (χ4n) is 0.952. The molecule has 0 saturated heterocycles. The van der Waals surface area contributed by atoms with E-state index in [9.17, 15) is 0 Å². The lowest BCUT2D eigenvalue weighted by molar-refractivity contribution is 1.08. The van der Waals surface area contributed by atoms with Crippen molar-refractivity contribution in [3.63, 3.8) is 0 Å². The van der Waals surface area contributed by atoms with Crippen LogP contribution in [0.3, 0.4) is 0 Å². The maximum Gasteiger partial charge on any atom is 0.194 e. The maximum absolute atomic E-state index is 5.12. The minimum absolute atomic E-state index is 0.828. The zero-order valence-corrected chi connectivity index (χ0v) is 7.58. The average molecular weight is 182 g/mol. The van der Waals surface area contributed by atoms with E-state index in [1.807, 2.05) is 29.0 Å². The molecule has 2 aromatic rings. The van der Waals surface area contributed by atoms with E-state index in [0.717, 1.165) is 15.3 Å². The summed E-state index contributed by atoms with van der Waals surface area (Å²) < 4.78 is 2.74. The molecule has 0 aliphatic rings. The number of nitrogens with zero attached hydrogens (tertiary/aromatic N) is 2. The summed E-state index contributed by atoms with van der Waals surface area (Å²) in [6.07, 6.45) is 1.94. The van der Waals surface area contributed by atoms with Crippen molar-refractivity contribution in [1.82, 2.24) is 9.38 Å². The Bertz CT molecular complexity index is 441. The van der Waals surface area contributed by atoms with Crippen LogP contribution in [0.4, 0.5) is 0 Å². The molecule has 4 heteroatoms. The van der Waals surface area contributed by atoms with E-state index in [-0.39, 0.29) is 0 Å². The molecule has 2 nitrogen and oxygen atoms in total. The predicted molar refractivity (Wildman–Crippen MR) is 48.6 cm³/mol. The topological polar surface area (TPSA) is 17.3 Å². The van der Waals surface area contributed by atoms with Gasteiger partial charge in [-0.3, -0.25) is 4.40 Å². The van der Waals surface area contributed by atoms with Crippen LogP contribution in [0.5, 0.6) is 0 Å². The lowest BCUT2D eigenvalue weighted by atomic mass is 10.5. The molecular weight excluding hydrogens is 176 g/mol. The molecule has 0 radical (unpaired) electrons. The second-order valence-electron chi connectivity index (χ2n) is 2.29. The Labute approximate surface area is 73.1 Å². The SMILES string of the molecule is Cc1cc(=S)n2ccsc2n1. The van der Waals surface area contributed by atoms with Gasteiger partial charge in [-0.05, 0) is 13.0 Å². The number of thiazole rings is 1. The molecule has 11 heavy (non-hydrogen) atoms. The molecule has 2 rings (SSSR count). The summed E-state index contributed by atoms with van der Waals surface area (Å²) in [5.74, 6) is 0. The van der Waals surface area contributed by atoms with Crippen molar-refractivity contribution in [3.8, 4) is 0 Å². The van der Waals surface area contributed by atoms with Crippen LogP contribution in [0.1, 0.15) is 5.69 Å². The van der Waals surface area contributed by atoms with Crippen LogP contribution < -0.4 is 0 Å². The van der Waals surface area contributed by atoms with Gasteiger partial charge in [0.1, 0.15) is 4.64 Å². The lowest BCUT2D eigenvalue weighted by Crippen LogP contribution is -1.88. The van der Waals surface area contributed by atoms with Gasteiger partial charge in [-0.15, -0.1) is 11.3 Å². The van der Waals surface area contributed by atoms with Crippen LogP contribution in [0.25, 0.3) is 4.96 Å². The zero-order chi connectivity index (χ0) is 7.84. The molecule has 0 N–H and O–H groups in total. The Kier molecular flexibility index (Phi) is 1.51. The van der Waals surface area contributed by atoms with E-state index in [1.54, 1.807) is 11.3 Å². The third kappa shape index (κ3) is 1.08. The van der Waals surface area contributed by atoms with Gasteiger partial charge in [-0.1, -0.05) is 12.2 Å². The van der Waals surface area contributed by atoms with Crippen molar-refractivity contribution in [2.24, 2.45) is 0 Å². The zero-order valence-electron chi connectivity index (χ0n) is 5.94. The Morgan fingerprint density at radius 3 is 3.27 bits per heavy atom. The molecule has 56 valence electrons. The van der Waals surface area contributed by atoms with E-state index in [1.165, 1.54) is 0 Å². The highest BCUT2D eigenvalue weighted by atomic mass is 32.1. The molecule has 0 fully saturated rings. The molecule has 0 aromatic carbocycles. The van der Waals surface area contributed by atoms with Crippen LogP contribution in [-0.2, 0) is 0 Å². The first kappa shape index (κ1) is 6.94. The quantitative estimate of drug-likeness (QED) is 0.582. The average Bonchev–Trinajstić information content (AvgIpc) is 2.34. The highest BCUT2D eigenvalue weighted by Gasteiger charge is 1.95. The molecule has 0 atom stereocenters. The molecule has 0 spiro atoms. The standard InChI is InChI=1S/C7H6N2S2/c1-5-4-6(10)9-2-3-11-7(9)8-5/h2-4H,1H3. The number of rotatable bonds is 0. The number of aromatic nitrogens is 2. The van der Waals surface area contributed by atoms with E-state index >= 15 is 0 Å². The van der Waals surface area contributed by atoms with Gasteiger partial charge in [0, 0.05) is 17.3 Å². The molecule has 0 bridgehead atoms. The summed E-state index contributed by atoms with van der Waals surface area (Å²) in [6, 6.07) is 1.90. The fourth-order valence-corrected chi connectivity index (χ4v) is 2.10. The van der Waals surface area contributed by atoms with Gasteiger partial charge in [-0.25, -0.2) is 4.98 Å². The Morgan fingerprint density at radius 1 is 1.64 bits per heavy atom. The van der Waals surface area contributed by atoms with Crippen molar-refractivity contribution in [3.05, 3.63) is 28.0 Å². The minimum Gasteiger partial charge on any atom is -0.283 e. The van der Waals surface area contributed by atoms with Crippen LogP contribution in [0.15, 0.2) is 17.6 Å². The summed E-state index contributed by atoms with van der Waals surface area (Å²) in [4.78, 5) is 5.28. The van der Waals surface area contributed by atoms with Gasteiger partial charge in [0.05, 0.1) is 0 Å². The third-order valence-corrected chi connectivity index (χ3v) is 2.50. The molecule has 2 heterocycles. The first-order valence-corrected chi connectivity index (χ1v) is 4.50. The van der Waals surface area contributed by atoms with Gasteiger partial charge in [0.2, 0.25) is 0 Å². The molecule has 2 aromatic heterocycles. The van der Waals surface area contributed by atoms with Crippen LogP contribution in [0, 0.1) is 11.6 Å². The lowest BCUT2D eigenvalue weighted by Gasteiger charge is -1.93. The van der Waals surface area contributed by atoms with Gasteiger partial charge >= 0.3 is 0 Å². The normalized spacial score (nSPS) is 10.6. The van der Waals surface area contributed by atoms with E-state index < -0.39 is 0 Å². The van der Waals surface area contributed by atoms with E-state index in [4.69, 9.17) is 12.2 Å². The van der Waals surface area contributed by atoms with E-state index in [0.29, 0.717) is 0 Å². The van der Waals surface area contributed by atoms with E-state index in [2.05, 4.69) is 4.98 Å². The van der Waals surface area contributed by atoms with Crippen LogP contribution >= 0.6 is 23.6 Å². The summed E-state index contributed by atoms with van der Waals surface area (Å²) >= 11 is 6.73. The fraction of sp³-hybridized carbons (Fsp3) is 0.143. The van der Waals surface area contributed by atoms with Crippen molar-refractivity contribution >= 4 is 28.5 Å². The van der Waals surface area contributed by atoms with Gasteiger partial charge in [-0.2, -0.15) is 0 Å². The minimum atomic E-state index is 0.828. The molecule has 0 amide bonds. The number of fused-ring (bicyclic) bond motifs is 1. The van der Waals surface area contributed by atoms with Gasteiger partial charge in [0.25, 0.3) is 0 Å². The molecule has 0 aliphatic carbocycles. The third-order valence-electron chi connectivity index (χ3n) is 1.43. The first-order valence-electron chi connectivity index (χ1n) is 3.21. The van der Waals surface area contributed by atoms with Crippen LogP contribution in [0.2, 0.25) is 0 Å². The van der Waals surface area contributed by atoms with Gasteiger partial charge in [0.15, 0.2) is 4.96 Å². The molecule has 0 unspecified atom stereocenters. The summed E-state index contributed by atoms with van der Waals surface area (Å²) in [6.45, 7) is 1.95. The van der Waals surface area contributed by atoms with Crippen LogP contribution in [-0.4, -0.2) is 9.38 Å². The first-order chi connectivity index (χ1) is 5.27. The second-order valence-corrected chi connectivity index (χ2v) is 3.58. The van der Waals surface area contributed by atoms with Crippen molar-refractivity contribution in [1.29, 1.82) is 0 Å². The maximum atomic E-state index is 5.12. The van der Waals surface area contributed by atoms with Crippen molar-refractivity contribution < 1.29 is 0 Å². The number of hydrogen-bond acceptors (Lipinski definition) is 3. The summed E-state index contributed by atoms with van der Waals surface area (Å²) in [7, 11) is 0. The molecule has 0 aliphatic heterocycles. The monoisotopic (exact) mass is 182 g/mol. The highest BCUT2D eigenvalue weighted by Crippen LogP contribution is 2.09. The summed E-state index contributed by atoms with van der Waals surface area (Å²) in [5.41, 5.74) is 0.984. The Morgan fingerprint density at radius 2 is 2.45 bits per heavy atom.